The largest absolute Gasteiger partial charge is 0.760 e. The first-order chi connectivity index (χ1) is 11.2. The van der Waals surface area contributed by atoms with Crippen LogP contribution in [0.4, 0.5) is 0 Å². The van der Waals surface area contributed by atoms with E-state index >= 15 is 0 Å². The van der Waals surface area contributed by atoms with Crippen molar-refractivity contribution >= 4 is 34.4 Å². The standard InChI is InChI=1S/C15H23N3O4S2/c1-10(2)17-13(19)9-15(14(23)16-3,18-24(20)21)11-5-7-12(22-4)8-6-11/h5-8,10,18H,9H2,1-4H3,(H,16,23)(H,17,19)(H,20,21)/p-1. The van der Waals surface area contributed by atoms with Crippen LogP contribution in [0.3, 0.4) is 0 Å². The molecule has 0 aliphatic rings. The van der Waals surface area contributed by atoms with Gasteiger partial charge in [0.1, 0.15) is 16.3 Å². The van der Waals surface area contributed by atoms with E-state index < -0.39 is 16.8 Å². The van der Waals surface area contributed by atoms with Gasteiger partial charge in [-0.05, 0) is 31.5 Å². The number of ether oxygens (including phenoxy) is 1. The van der Waals surface area contributed by atoms with Gasteiger partial charge in [0.15, 0.2) is 0 Å². The fourth-order valence-electron chi connectivity index (χ4n) is 2.30. The molecule has 24 heavy (non-hydrogen) atoms. The molecule has 3 N–H and O–H groups in total. The van der Waals surface area contributed by atoms with Crippen LogP contribution in [0.15, 0.2) is 24.3 Å². The first kappa shape index (κ1) is 20.5. The summed E-state index contributed by atoms with van der Waals surface area (Å²) < 4.78 is 30.3. The quantitative estimate of drug-likeness (QED) is 0.459. The van der Waals surface area contributed by atoms with E-state index in [1.54, 1.807) is 31.3 Å². The molecule has 2 unspecified atom stereocenters. The molecule has 7 nitrogen and oxygen atoms in total. The second kappa shape index (κ2) is 9.07. The van der Waals surface area contributed by atoms with Crippen LogP contribution in [-0.2, 0) is 21.6 Å². The molecule has 1 aromatic rings. The molecule has 1 rings (SSSR count). The molecule has 2 atom stereocenters. The molecule has 0 spiro atoms. The van der Waals surface area contributed by atoms with Crippen molar-refractivity contribution in [1.29, 1.82) is 0 Å². The van der Waals surface area contributed by atoms with Gasteiger partial charge in [0, 0.05) is 24.4 Å². The lowest BCUT2D eigenvalue weighted by atomic mass is 9.86. The van der Waals surface area contributed by atoms with Gasteiger partial charge < -0.3 is 19.9 Å². The molecule has 0 saturated heterocycles. The zero-order chi connectivity index (χ0) is 18.3. The molecular formula is C15H22N3O4S2-. The molecular weight excluding hydrogens is 350 g/mol. The first-order valence-corrected chi connectivity index (χ1v) is 8.76. The van der Waals surface area contributed by atoms with Gasteiger partial charge in [-0.3, -0.25) is 9.00 Å². The van der Waals surface area contributed by atoms with Crippen molar-refractivity contribution in [1.82, 2.24) is 15.4 Å². The summed E-state index contributed by atoms with van der Waals surface area (Å²) in [5.74, 6) is 0.286. The lowest BCUT2D eigenvalue weighted by molar-refractivity contribution is -0.122. The Labute approximate surface area is 150 Å². The summed E-state index contributed by atoms with van der Waals surface area (Å²) >= 11 is 2.69. The third-order valence-corrected chi connectivity index (χ3v) is 4.40. The minimum Gasteiger partial charge on any atom is -0.760 e. The number of methoxy groups -OCH3 is 1. The van der Waals surface area contributed by atoms with Gasteiger partial charge in [-0.2, -0.15) is 0 Å². The van der Waals surface area contributed by atoms with E-state index in [-0.39, 0.29) is 23.4 Å². The minimum atomic E-state index is -2.63. The van der Waals surface area contributed by atoms with Crippen LogP contribution in [-0.4, -0.2) is 39.9 Å². The van der Waals surface area contributed by atoms with Crippen molar-refractivity contribution in [3.05, 3.63) is 29.8 Å². The van der Waals surface area contributed by atoms with Gasteiger partial charge in [-0.25, -0.2) is 4.72 Å². The number of nitrogens with one attached hydrogen (secondary N) is 3. The lowest BCUT2D eigenvalue weighted by Crippen LogP contribution is -2.55. The van der Waals surface area contributed by atoms with Gasteiger partial charge in [0.2, 0.25) is 5.91 Å². The third-order valence-electron chi connectivity index (χ3n) is 3.33. The van der Waals surface area contributed by atoms with Crippen LogP contribution in [0.25, 0.3) is 0 Å². The van der Waals surface area contributed by atoms with Crippen LogP contribution < -0.4 is 20.1 Å². The number of rotatable bonds is 8. The van der Waals surface area contributed by atoms with Crippen molar-refractivity contribution < 1.29 is 18.3 Å². The minimum absolute atomic E-state index is 0.0769. The Morgan fingerprint density at radius 1 is 1.38 bits per heavy atom. The highest BCUT2D eigenvalue weighted by atomic mass is 32.2. The van der Waals surface area contributed by atoms with E-state index in [1.807, 2.05) is 13.8 Å². The maximum atomic E-state index is 12.3. The molecule has 0 aromatic heterocycles. The summed E-state index contributed by atoms with van der Waals surface area (Å²) in [4.78, 5) is 12.5. The number of thiocarbonyl (C=S) groups is 1. The van der Waals surface area contributed by atoms with Crippen LogP contribution >= 0.6 is 12.2 Å². The first-order valence-electron chi connectivity index (χ1n) is 7.28. The molecule has 134 valence electrons. The predicted molar refractivity (Wildman–Crippen MR) is 96.3 cm³/mol. The average molecular weight is 372 g/mol. The molecule has 0 aliphatic heterocycles. The van der Waals surface area contributed by atoms with Gasteiger partial charge >= 0.3 is 0 Å². The van der Waals surface area contributed by atoms with Crippen molar-refractivity contribution in [2.75, 3.05) is 14.2 Å². The summed E-state index contributed by atoms with van der Waals surface area (Å²) in [5.41, 5.74) is -0.854. The average Bonchev–Trinajstić information content (AvgIpc) is 2.52. The fourth-order valence-corrected chi connectivity index (χ4v) is 3.18. The highest BCUT2D eigenvalue weighted by Crippen LogP contribution is 2.29. The monoisotopic (exact) mass is 372 g/mol. The third kappa shape index (κ3) is 5.23. The summed E-state index contributed by atoms with van der Waals surface area (Å²) in [6.07, 6.45) is -0.175. The highest BCUT2D eigenvalue weighted by molar-refractivity contribution is 7.80. The molecule has 0 radical (unpaired) electrons. The number of carbonyl (C=O) groups excluding carboxylic acids is 1. The maximum absolute atomic E-state index is 12.3. The zero-order valence-electron chi connectivity index (χ0n) is 14.0. The van der Waals surface area contributed by atoms with E-state index in [0.717, 1.165) is 0 Å². The fraction of sp³-hybridized carbons (Fsp3) is 0.467. The van der Waals surface area contributed by atoms with Gasteiger partial charge in [-0.1, -0.05) is 24.4 Å². The Bertz CT molecular complexity index is 607. The molecule has 9 heteroatoms. The van der Waals surface area contributed by atoms with E-state index in [9.17, 15) is 13.6 Å². The molecule has 0 bridgehead atoms. The number of likely N-dealkylation sites (N-methyl/N-ethyl adjacent to an activating group) is 1. The summed E-state index contributed by atoms with van der Waals surface area (Å²) in [6, 6.07) is 6.62. The summed E-state index contributed by atoms with van der Waals surface area (Å²) in [5, 5.41) is 5.53. The maximum Gasteiger partial charge on any atom is 0.222 e. The highest BCUT2D eigenvalue weighted by Gasteiger charge is 2.39. The van der Waals surface area contributed by atoms with Gasteiger partial charge in [0.05, 0.1) is 13.5 Å². The molecule has 0 aliphatic carbocycles. The molecule has 0 heterocycles. The van der Waals surface area contributed by atoms with Crippen LogP contribution in [0.5, 0.6) is 5.75 Å². The van der Waals surface area contributed by atoms with Crippen molar-refractivity contribution in [3.8, 4) is 5.75 Å². The van der Waals surface area contributed by atoms with E-state index in [1.165, 1.54) is 7.11 Å². The zero-order valence-corrected chi connectivity index (χ0v) is 15.7. The second-order valence-corrected chi connectivity index (χ2v) is 6.53. The normalized spacial score (nSPS) is 14.6. The van der Waals surface area contributed by atoms with Crippen LogP contribution in [0, 0.1) is 0 Å². The number of benzene rings is 1. The van der Waals surface area contributed by atoms with E-state index in [0.29, 0.717) is 11.3 Å². The summed E-state index contributed by atoms with van der Waals surface area (Å²) in [7, 11) is 3.11. The molecule has 1 amide bonds. The van der Waals surface area contributed by atoms with Gasteiger partial charge in [-0.15, -0.1) is 0 Å². The number of carbonyl (C=O) groups is 1. The Morgan fingerprint density at radius 3 is 2.38 bits per heavy atom. The molecule has 0 saturated carbocycles. The lowest BCUT2D eigenvalue weighted by Gasteiger charge is -2.36. The van der Waals surface area contributed by atoms with Crippen molar-refractivity contribution in [2.45, 2.75) is 31.8 Å². The molecule has 0 fully saturated rings. The number of hydrogen-bond acceptors (Lipinski definition) is 5. The Morgan fingerprint density at radius 2 is 1.96 bits per heavy atom. The predicted octanol–water partition coefficient (Wildman–Crippen LogP) is 0.736. The van der Waals surface area contributed by atoms with Crippen LogP contribution in [0.2, 0.25) is 0 Å². The van der Waals surface area contributed by atoms with E-state index in [2.05, 4.69) is 15.4 Å². The van der Waals surface area contributed by atoms with Crippen molar-refractivity contribution in [2.24, 2.45) is 0 Å². The van der Waals surface area contributed by atoms with E-state index in [4.69, 9.17) is 17.0 Å². The van der Waals surface area contributed by atoms with Gasteiger partial charge in [0.25, 0.3) is 0 Å². The second-order valence-electron chi connectivity index (χ2n) is 5.45. The summed E-state index contributed by atoms with van der Waals surface area (Å²) in [6.45, 7) is 3.64. The SMILES string of the molecule is CNC(=S)C(CC(=O)NC(C)C)(NS(=O)[O-])c1ccc(OC)cc1. The number of hydrogen-bond donors (Lipinski definition) is 3. The Hall–Kier alpha value is -1.55. The smallest absolute Gasteiger partial charge is 0.222 e. The molecule has 1 aromatic carbocycles. The Balaban J connectivity index is 3.35. The van der Waals surface area contributed by atoms with Crippen molar-refractivity contribution in [3.63, 3.8) is 0 Å². The van der Waals surface area contributed by atoms with Crippen LogP contribution in [0.1, 0.15) is 25.8 Å². The Kier molecular flexibility index (Phi) is 7.74. The topological polar surface area (TPSA) is 103 Å². The number of amides is 1.